The molecular formula is C22H19N3O3S. The Labute approximate surface area is 172 Å². The van der Waals surface area contributed by atoms with Gasteiger partial charge in [0.2, 0.25) is 5.91 Å². The molecule has 0 saturated heterocycles. The number of rotatable bonds is 5. The number of aryl methyl sites for hydroxylation is 1. The van der Waals surface area contributed by atoms with E-state index in [2.05, 4.69) is 29.4 Å². The fourth-order valence-corrected chi connectivity index (χ4v) is 3.98. The van der Waals surface area contributed by atoms with Gasteiger partial charge in [-0.05, 0) is 31.0 Å². The van der Waals surface area contributed by atoms with Crippen LogP contribution in [0.2, 0.25) is 0 Å². The molecular weight excluding hydrogens is 386 g/mol. The number of aromatic nitrogens is 1. The van der Waals surface area contributed by atoms with E-state index in [4.69, 9.17) is 0 Å². The van der Waals surface area contributed by atoms with Gasteiger partial charge in [-0.1, -0.05) is 43.3 Å². The highest BCUT2D eigenvalue weighted by molar-refractivity contribution is 7.14. The second-order valence-electron chi connectivity index (χ2n) is 6.78. The lowest BCUT2D eigenvalue weighted by Crippen LogP contribution is -2.45. The van der Waals surface area contributed by atoms with Crippen LogP contribution in [0.4, 0.5) is 5.13 Å². The van der Waals surface area contributed by atoms with E-state index in [0.29, 0.717) is 16.3 Å². The van der Waals surface area contributed by atoms with Crippen LogP contribution in [0, 0.1) is 0 Å². The number of hydrogen-bond donors (Lipinski definition) is 1. The molecule has 1 aromatic heterocycles. The standard InChI is InChI=1S/C22H19N3O3S/c1-3-14-8-10-15(11-9-14)18-12-29-22(23-18)24-19(26)13(2)25-20(27)16-6-4-5-7-17(16)21(25)28/h4-13H,3H2,1-2H3,(H,23,24,26). The van der Waals surface area contributed by atoms with Crippen molar-refractivity contribution in [1.29, 1.82) is 0 Å². The molecule has 7 heteroatoms. The molecule has 3 amide bonds. The first kappa shape index (κ1) is 19.0. The van der Waals surface area contributed by atoms with Gasteiger partial charge in [0.05, 0.1) is 16.8 Å². The SMILES string of the molecule is CCc1ccc(-c2csc(NC(=O)C(C)N3C(=O)c4ccccc4C3=O)n2)cc1. The van der Waals surface area contributed by atoms with Gasteiger partial charge < -0.3 is 5.32 Å². The van der Waals surface area contributed by atoms with Crippen LogP contribution in [0.5, 0.6) is 0 Å². The minimum atomic E-state index is -0.946. The lowest BCUT2D eigenvalue weighted by Gasteiger charge is -2.21. The Kier molecular flexibility index (Phi) is 4.98. The third kappa shape index (κ3) is 3.45. The number of thiazole rings is 1. The number of hydrogen-bond acceptors (Lipinski definition) is 5. The largest absolute Gasteiger partial charge is 0.300 e. The Bertz CT molecular complexity index is 1070. The molecule has 1 aliphatic rings. The first-order valence-corrected chi connectivity index (χ1v) is 10.2. The molecule has 1 unspecified atom stereocenters. The molecule has 4 rings (SSSR count). The van der Waals surface area contributed by atoms with Crippen molar-refractivity contribution in [3.63, 3.8) is 0 Å². The van der Waals surface area contributed by atoms with Gasteiger partial charge in [-0.25, -0.2) is 4.98 Å². The molecule has 0 bridgehead atoms. The molecule has 1 aliphatic heterocycles. The van der Waals surface area contributed by atoms with E-state index < -0.39 is 23.8 Å². The smallest absolute Gasteiger partial charge is 0.262 e. The molecule has 6 nitrogen and oxygen atoms in total. The highest BCUT2D eigenvalue weighted by atomic mass is 32.1. The third-order valence-corrected chi connectivity index (χ3v) is 5.74. The van der Waals surface area contributed by atoms with Crippen molar-refractivity contribution in [3.8, 4) is 11.3 Å². The van der Waals surface area contributed by atoms with Crippen LogP contribution >= 0.6 is 11.3 Å². The quantitative estimate of drug-likeness (QED) is 0.651. The van der Waals surface area contributed by atoms with Crippen LogP contribution in [-0.4, -0.2) is 33.6 Å². The Morgan fingerprint density at radius 1 is 1.07 bits per heavy atom. The number of anilines is 1. The molecule has 0 aliphatic carbocycles. The van der Waals surface area contributed by atoms with E-state index in [-0.39, 0.29) is 0 Å². The Hall–Kier alpha value is -3.32. The monoisotopic (exact) mass is 405 g/mol. The molecule has 1 N–H and O–H groups in total. The fraction of sp³-hybridized carbons (Fsp3) is 0.182. The number of imide groups is 1. The predicted molar refractivity (Wildman–Crippen MR) is 112 cm³/mol. The summed E-state index contributed by atoms with van der Waals surface area (Å²) in [5.41, 5.74) is 3.62. The molecule has 3 aromatic rings. The second-order valence-corrected chi connectivity index (χ2v) is 7.64. The number of carbonyl (C=O) groups excluding carboxylic acids is 3. The highest BCUT2D eigenvalue weighted by Crippen LogP contribution is 2.27. The van der Waals surface area contributed by atoms with E-state index in [1.165, 1.54) is 23.8 Å². The van der Waals surface area contributed by atoms with Gasteiger partial charge in [0.25, 0.3) is 11.8 Å². The molecule has 2 aromatic carbocycles. The number of benzene rings is 2. The van der Waals surface area contributed by atoms with Gasteiger partial charge in [0, 0.05) is 10.9 Å². The number of carbonyl (C=O) groups is 3. The van der Waals surface area contributed by atoms with Crippen molar-refractivity contribution in [1.82, 2.24) is 9.88 Å². The molecule has 1 atom stereocenters. The maximum absolute atomic E-state index is 12.7. The van der Waals surface area contributed by atoms with Gasteiger partial charge in [0.1, 0.15) is 6.04 Å². The van der Waals surface area contributed by atoms with Gasteiger partial charge in [-0.2, -0.15) is 0 Å². The van der Waals surface area contributed by atoms with Crippen molar-refractivity contribution in [3.05, 3.63) is 70.6 Å². The van der Waals surface area contributed by atoms with Gasteiger partial charge in [-0.15, -0.1) is 11.3 Å². The average molecular weight is 405 g/mol. The molecule has 29 heavy (non-hydrogen) atoms. The van der Waals surface area contributed by atoms with Crippen molar-refractivity contribution in [2.75, 3.05) is 5.32 Å². The zero-order valence-electron chi connectivity index (χ0n) is 16.0. The normalized spacial score (nSPS) is 14.1. The van der Waals surface area contributed by atoms with Crippen molar-refractivity contribution in [2.24, 2.45) is 0 Å². The summed E-state index contributed by atoms with van der Waals surface area (Å²) in [5, 5.41) is 5.01. The van der Waals surface area contributed by atoms with E-state index >= 15 is 0 Å². The fourth-order valence-electron chi connectivity index (χ4n) is 3.26. The Morgan fingerprint density at radius 2 is 1.69 bits per heavy atom. The second kappa shape index (κ2) is 7.60. The molecule has 0 fully saturated rings. The summed E-state index contributed by atoms with van der Waals surface area (Å²) in [5.74, 6) is -1.37. The van der Waals surface area contributed by atoms with Gasteiger partial charge in [0.15, 0.2) is 5.13 Å². The molecule has 2 heterocycles. The van der Waals surface area contributed by atoms with Gasteiger partial charge in [-0.3, -0.25) is 19.3 Å². The van der Waals surface area contributed by atoms with Crippen LogP contribution in [0.15, 0.2) is 53.9 Å². The topological polar surface area (TPSA) is 79.4 Å². The Balaban J connectivity index is 1.48. The van der Waals surface area contributed by atoms with Crippen molar-refractivity contribution >= 4 is 34.2 Å². The number of nitrogens with zero attached hydrogens (tertiary/aromatic N) is 2. The molecule has 0 spiro atoms. The van der Waals surface area contributed by atoms with Crippen LogP contribution in [0.3, 0.4) is 0 Å². The lowest BCUT2D eigenvalue weighted by molar-refractivity contribution is -0.119. The van der Waals surface area contributed by atoms with E-state index in [0.717, 1.165) is 22.6 Å². The Morgan fingerprint density at radius 3 is 2.28 bits per heavy atom. The van der Waals surface area contributed by atoms with Gasteiger partial charge >= 0.3 is 0 Å². The average Bonchev–Trinajstić information content (AvgIpc) is 3.31. The minimum Gasteiger partial charge on any atom is -0.300 e. The van der Waals surface area contributed by atoms with E-state index in [1.807, 2.05) is 17.5 Å². The molecule has 146 valence electrons. The molecule has 0 radical (unpaired) electrons. The predicted octanol–water partition coefficient (Wildman–Crippen LogP) is 4.00. The zero-order chi connectivity index (χ0) is 20.5. The maximum atomic E-state index is 12.7. The lowest BCUT2D eigenvalue weighted by atomic mass is 10.1. The summed E-state index contributed by atoms with van der Waals surface area (Å²) in [6, 6.07) is 13.7. The first-order valence-electron chi connectivity index (χ1n) is 9.32. The summed E-state index contributed by atoms with van der Waals surface area (Å²) in [4.78, 5) is 43.3. The number of fused-ring (bicyclic) bond motifs is 1. The summed E-state index contributed by atoms with van der Waals surface area (Å²) in [6.07, 6.45) is 0.967. The van der Waals surface area contributed by atoms with E-state index in [9.17, 15) is 14.4 Å². The summed E-state index contributed by atoms with van der Waals surface area (Å²) < 4.78 is 0. The van der Waals surface area contributed by atoms with Crippen LogP contribution in [0.1, 0.15) is 40.1 Å². The van der Waals surface area contributed by atoms with Crippen molar-refractivity contribution < 1.29 is 14.4 Å². The highest BCUT2D eigenvalue weighted by Gasteiger charge is 2.40. The number of nitrogens with one attached hydrogen (secondary N) is 1. The number of amides is 3. The van der Waals surface area contributed by atoms with Crippen LogP contribution in [0.25, 0.3) is 11.3 Å². The maximum Gasteiger partial charge on any atom is 0.262 e. The summed E-state index contributed by atoms with van der Waals surface area (Å²) in [7, 11) is 0. The summed E-state index contributed by atoms with van der Waals surface area (Å²) in [6.45, 7) is 3.63. The van der Waals surface area contributed by atoms with Crippen molar-refractivity contribution in [2.45, 2.75) is 26.3 Å². The third-order valence-electron chi connectivity index (χ3n) is 4.98. The summed E-state index contributed by atoms with van der Waals surface area (Å²) >= 11 is 1.30. The van der Waals surface area contributed by atoms with Crippen LogP contribution in [-0.2, 0) is 11.2 Å². The molecule has 0 saturated carbocycles. The van der Waals surface area contributed by atoms with Crippen LogP contribution < -0.4 is 5.32 Å². The zero-order valence-corrected chi connectivity index (χ0v) is 16.8. The first-order chi connectivity index (χ1) is 14.0. The minimum absolute atomic E-state index is 0.323. The van der Waals surface area contributed by atoms with E-state index in [1.54, 1.807) is 24.3 Å².